The number of benzene rings is 1. The van der Waals surface area contributed by atoms with E-state index in [1.165, 1.54) is 12.3 Å². The highest BCUT2D eigenvalue weighted by Gasteiger charge is 2.53. The van der Waals surface area contributed by atoms with Crippen LogP contribution in [0.4, 0.5) is 20.5 Å². The van der Waals surface area contributed by atoms with E-state index in [1.54, 1.807) is 24.8 Å². The number of anilines is 2. The van der Waals surface area contributed by atoms with Gasteiger partial charge in [-0.2, -0.15) is 8.78 Å². The second-order valence-corrected chi connectivity index (χ2v) is 9.05. The van der Waals surface area contributed by atoms with Gasteiger partial charge in [0.25, 0.3) is 6.01 Å². The number of ether oxygens (including phenoxy) is 2. The summed E-state index contributed by atoms with van der Waals surface area (Å²) in [7, 11) is 0. The van der Waals surface area contributed by atoms with Crippen molar-refractivity contribution >= 4 is 23.6 Å². The number of oxazole rings is 1. The molecule has 196 valence electrons. The number of aromatic nitrogens is 2. The summed E-state index contributed by atoms with van der Waals surface area (Å²) in [6.07, 6.45) is 1.28. The van der Waals surface area contributed by atoms with E-state index in [2.05, 4.69) is 20.0 Å². The number of hydrogen-bond acceptors (Lipinski definition) is 8. The van der Waals surface area contributed by atoms with Gasteiger partial charge in [-0.25, -0.2) is 14.8 Å². The van der Waals surface area contributed by atoms with E-state index in [-0.39, 0.29) is 49.0 Å². The standard InChI is InChI=1S/C26H28F2N4O5/c1-5-35-22(33)20-12-29-25(36-20)32-13-26(14-32,18-9-7-6-8-17(18)15(2)3)23(34)31-19-11-10-16(4)30-21(19)37-24(27)28/h6-12,15,24H,5,13-14H2,1-4H3,(H,31,34). The highest BCUT2D eigenvalue weighted by molar-refractivity contribution is 6.02. The smallest absolute Gasteiger partial charge is 0.388 e. The SMILES string of the molecule is CCOC(=O)c1cnc(N2CC(C(=O)Nc3ccc(C)nc3OC(F)F)(c3ccccc3C(C)C)C2)o1. The van der Waals surface area contributed by atoms with Gasteiger partial charge in [0.1, 0.15) is 11.1 Å². The van der Waals surface area contributed by atoms with Gasteiger partial charge in [-0.15, -0.1) is 0 Å². The molecule has 2 aromatic heterocycles. The average Bonchev–Trinajstić information content (AvgIpc) is 3.30. The van der Waals surface area contributed by atoms with E-state index in [0.29, 0.717) is 5.69 Å². The second-order valence-electron chi connectivity index (χ2n) is 9.05. The summed E-state index contributed by atoms with van der Waals surface area (Å²) in [6, 6.07) is 10.8. The van der Waals surface area contributed by atoms with Gasteiger partial charge in [0.2, 0.25) is 17.5 Å². The van der Waals surface area contributed by atoms with Crippen LogP contribution in [-0.4, -0.2) is 48.2 Å². The normalized spacial score (nSPS) is 14.4. The maximum atomic E-state index is 13.9. The molecule has 9 nitrogen and oxygen atoms in total. The largest absolute Gasteiger partial charge is 0.460 e. The maximum absolute atomic E-state index is 13.9. The van der Waals surface area contributed by atoms with Gasteiger partial charge in [-0.05, 0) is 43.0 Å². The first kappa shape index (κ1) is 26.1. The Bertz CT molecular complexity index is 1290. The third-order valence-corrected chi connectivity index (χ3v) is 6.14. The van der Waals surface area contributed by atoms with Gasteiger partial charge in [-0.1, -0.05) is 38.1 Å². The Morgan fingerprint density at radius 1 is 1.19 bits per heavy atom. The van der Waals surface area contributed by atoms with Crippen LogP contribution < -0.4 is 15.0 Å². The lowest BCUT2D eigenvalue weighted by Gasteiger charge is -2.49. The summed E-state index contributed by atoms with van der Waals surface area (Å²) < 4.78 is 41.1. The van der Waals surface area contributed by atoms with E-state index < -0.39 is 23.9 Å². The Balaban J connectivity index is 1.67. The molecule has 3 heterocycles. The minimum absolute atomic E-state index is 0.0384. The number of carbonyl (C=O) groups excluding carboxylic acids is 2. The lowest BCUT2D eigenvalue weighted by atomic mass is 9.70. The fraction of sp³-hybridized carbons (Fsp3) is 0.385. The summed E-state index contributed by atoms with van der Waals surface area (Å²) in [6.45, 7) is 4.82. The van der Waals surface area contributed by atoms with Crippen molar-refractivity contribution in [1.29, 1.82) is 0 Å². The number of rotatable bonds is 9. The van der Waals surface area contributed by atoms with Crippen molar-refractivity contribution in [2.75, 3.05) is 29.9 Å². The molecule has 0 aliphatic carbocycles. The predicted molar refractivity (Wildman–Crippen MR) is 131 cm³/mol. The van der Waals surface area contributed by atoms with Crippen molar-refractivity contribution in [2.24, 2.45) is 0 Å². The molecule has 1 aliphatic rings. The highest BCUT2D eigenvalue weighted by atomic mass is 19.3. The third kappa shape index (κ3) is 5.25. The van der Waals surface area contributed by atoms with Gasteiger partial charge >= 0.3 is 12.6 Å². The molecule has 11 heteroatoms. The van der Waals surface area contributed by atoms with Gasteiger partial charge in [-0.3, -0.25) is 4.79 Å². The number of alkyl halides is 2. The monoisotopic (exact) mass is 514 g/mol. The van der Waals surface area contributed by atoms with Crippen LogP contribution in [0.25, 0.3) is 0 Å². The third-order valence-electron chi connectivity index (χ3n) is 6.14. The quantitative estimate of drug-likeness (QED) is 0.411. The van der Waals surface area contributed by atoms with Crippen LogP contribution in [0, 0.1) is 6.92 Å². The summed E-state index contributed by atoms with van der Waals surface area (Å²) in [5.41, 5.74) is 1.21. The van der Waals surface area contributed by atoms with Crippen molar-refractivity contribution in [3.05, 3.63) is 65.2 Å². The minimum Gasteiger partial charge on any atom is -0.460 e. The molecular formula is C26H28F2N4O5. The van der Waals surface area contributed by atoms with Crippen molar-refractivity contribution in [2.45, 2.75) is 45.6 Å². The number of aryl methyl sites for hydroxylation is 1. The summed E-state index contributed by atoms with van der Waals surface area (Å²) in [5, 5.41) is 2.75. The average molecular weight is 515 g/mol. The Labute approximate surface area is 212 Å². The van der Waals surface area contributed by atoms with Crippen molar-refractivity contribution in [3.63, 3.8) is 0 Å². The zero-order valence-electron chi connectivity index (χ0n) is 21.0. The van der Waals surface area contributed by atoms with Crippen LogP contribution in [0.2, 0.25) is 0 Å². The molecule has 1 aliphatic heterocycles. The molecule has 0 bridgehead atoms. The van der Waals surface area contributed by atoms with E-state index in [4.69, 9.17) is 9.15 Å². The van der Waals surface area contributed by atoms with Crippen LogP contribution in [-0.2, 0) is 14.9 Å². The first-order chi connectivity index (χ1) is 17.6. The zero-order chi connectivity index (χ0) is 26.7. The molecule has 0 saturated carbocycles. The number of nitrogens with zero attached hydrogens (tertiary/aromatic N) is 3. The van der Waals surface area contributed by atoms with Gasteiger partial charge < -0.3 is 24.1 Å². The number of pyridine rings is 1. The minimum atomic E-state index is -3.10. The molecule has 0 atom stereocenters. The Morgan fingerprint density at radius 2 is 1.92 bits per heavy atom. The van der Waals surface area contributed by atoms with Gasteiger partial charge in [0.05, 0.1) is 12.8 Å². The fourth-order valence-corrected chi connectivity index (χ4v) is 4.37. The molecule has 1 fully saturated rings. The van der Waals surface area contributed by atoms with Crippen LogP contribution in [0.5, 0.6) is 5.88 Å². The number of hydrogen-bond donors (Lipinski definition) is 1. The van der Waals surface area contributed by atoms with Crippen LogP contribution in [0.15, 0.2) is 47.0 Å². The van der Waals surface area contributed by atoms with E-state index in [1.807, 2.05) is 38.1 Å². The first-order valence-corrected chi connectivity index (χ1v) is 11.9. The van der Waals surface area contributed by atoms with Gasteiger partial charge in [0.15, 0.2) is 0 Å². The molecule has 1 amide bonds. The van der Waals surface area contributed by atoms with Crippen molar-refractivity contribution < 1.29 is 32.3 Å². The van der Waals surface area contributed by atoms with E-state index >= 15 is 0 Å². The number of esters is 1. The maximum Gasteiger partial charge on any atom is 0.388 e. The molecule has 1 aromatic carbocycles. The van der Waals surface area contributed by atoms with E-state index in [9.17, 15) is 18.4 Å². The van der Waals surface area contributed by atoms with E-state index in [0.717, 1.165) is 11.1 Å². The van der Waals surface area contributed by atoms with Crippen LogP contribution in [0.3, 0.4) is 0 Å². The van der Waals surface area contributed by atoms with Crippen LogP contribution in [0.1, 0.15) is 54.1 Å². The summed E-state index contributed by atoms with van der Waals surface area (Å²) in [4.78, 5) is 35.8. The fourth-order valence-electron chi connectivity index (χ4n) is 4.37. The topological polar surface area (TPSA) is 107 Å². The molecule has 0 unspecified atom stereocenters. The zero-order valence-corrected chi connectivity index (χ0v) is 21.0. The Hall–Kier alpha value is -4.02. The molecule has 4 rings (SSSR count). The predicted octanol–water partition coefficient (Wildman–Crippen LogP) is 4.68. The Kier molecular flexibility index (Phi) is 7.42. The molecule has 1 N–H and O–H groups in total. The molecule has 0 radical (unpaired) electrons. The highest BCUT2D eigenvalue weighted by Crippen LogP contribution is 2.42. The molecule has 1 saturated heterocycles. The number of nitrogens with one attached hydrogen (secondary N) is 1. The molecule has 0 spiro atoms. The molecular weight excluding hydrogens is 486 g/mol. The van der Waals surface area contributed by atoms with Gasteiger partial charge in [0, 0.05) is 18.8 Å². The number of amides is 1. The second kappa shape index (κ2) is 10.5. The lowest BCUT2D eigenvalue weighted by molar-refractivity contribution is -0.122. The van der Waals surface area contributed by atoms with Crippen molar-refractivity contribution in [1.82, 2.24) is 9.97 Å². The number of halogens is 2. The molecule has 3 aromatic rings. The first-order valence-electron chi connectivity index (χ1n) is 11.9. The summed E-state index contributed by atoms with van der Waals surface area (Å²) in [5.74, 6) is -1.33. The lowest BCUT2D eigenvalue weighted by Crippen LogP contribution is -2.65. The number of carbonyl (C=O) groups is 2. The molecule has 37 heavy (non-hydrogen) atoms. The van der Waals surface area contributed by atoms with Crippen molar-refractivity contribution in [3.8, 4) is 5.88 Å². The van der Waals surface area contributed by atoms with Crippen LogP contribution >= 0.6 is 0 Å². The summed E-state index contributed by atoms with van der Waals surface area (Å²) >= 11 is 0. The Morgan fingerprint density at radius 3 is 2.59 bits per heavy atom.